The number of ether oxygens (including phenoxy) is 1. The fraction of sp³-hybridized carbons (Fsp3) is 0.500. The Morgan fingerprint density at radius 1 is 1.48 bits per heavy atom. The van der Waals surface area contributed by atoms with Crippen LogP contribution in [-0.2, 0) is 30.0 Å². The van der Waals surface area contributed by atoms with Crippen molar-refractivity contribution in [2.24, 2.45) is 0 Å². The SMILES string of the molecule is CCn1cc(CNC(=O)c2nc3n(c(=O)c2O)CCOC3(C)C)cn1. The van der Waals surface area contributed by atoms with Gasteiger partial charge in [0.15, 0.2) is 5.69 Å². The third-order valence-electron chi connectivity index (χ3n) is 4.14. The Morgan fingerprint density at radius 3 is 2.92 bits per heavy atom. The first-order valence-electron chi connectivity index (χ1n) is 8.11. The minimum absolute atomic E-state index is 0.221. The second kappa shape index (κ2) is 6.32. The Bertz CT molecular complexity index is 868. The number of fused-ring (bicyclic) bond motifs is 1. The minimum atomic E-state index is -0.817. The van der Waals surface area contributed by atoms with E-state index in [2.05, 4.69) is 15.4 Å². The summed E-state index contributed by atoms with van der Waals surface area (Å²) in [4.78, 5) is 29.0. The number of hydrogen-bond acceptors (Lipinski definition) is 6. The van der Waals surface area contributed by atoms with Crippen LogP contribution in [0.15, 0.2) is 17.2 Å². The third-order valence-corrected chi connectivity index (χ3v) is 4.14. The van der Waals surface area contributed by atoms with E-state index < -0.39 is 22.8 Å². The Morgan fingerprint density at radius 2 is 2.24 bits per heavy atom. The molecule has 0 saturated carbocycles. The van der Waals surface area contributed by atoms with Gasteiger partial charge in [-0.25, -0.2) is 4.98 Å². The van der Waals surface area contributed by atoms with Crippen LogP contribution < -0.4 is 10.9 Å². The zero-order valence-electron chi connectivity index (χ0n) is 14.4. The number of amides is 1. The molecule has 0 fully saturated rings. The van der Waals surface area contributed by atoms with Gasteiger partial charge in [-0.15, -0.1) is 0 Å². The molecule has 9 heteroatoms. The van der Waals surface area contributed by atoms with Crippen molar-refractivity contribution in [1.82, 2.24) is 24.6 Å². The molecule has 1 amide bonds. The van der Waals surface area contributed by atoms with E-state index in [9.17, 15) is 14.7 Å². The molecule has 0 aliphatic carbocycles. The van der Waals surface area contributed by atoms with Gasteiger partial charge in [0.25, 0.3) is 11.5 Å². The standard InChI is InChI=1S/C16H21N5O4/c1-4-20-9-10(8-18-20)7-17-13(23)11-12(22)14(24)21-5-6-25-16(2,3)15(21)19-11/h8-9,22H,4-7H2,1-3H3,(H,17,23). The summed E-state index contributed by atoms with van der Waals surface area (Å²) < 4.78 is 8.71. The van der Waals surface area contributed by atoms with Gasteiger partial charge in [-0.2, -0.15) is 5.10 Å². The topological polar surface area (TPSA) is 111 Å². The van der Waals surface area contributed by atoms with Crippen molar-refractivity contribution in [3.63, 3.8) is 0 Å². The van der Waals surface area contributed by atoms with E-state index in [0.717, 1.165) is 12.1 Å². The lowest BCUT2D eigenvalue weighted by Crippen LogP contribution is -2.42. The summed E-state index contributed by atoms with van der Waals surface area (Å²) in [6.45, 7) is 7.07. The van der Waals surface area contributed by atoms with Crippen LogP contribution in [0.4, 0.5) is 0 Å². The normalized spacial score (nSPS) is 15.6. The molecule has 0 spiro atoms. The quantitative estimate of drug-likeness (QED) is 0.826. The molecule has 1 aliphatic heterocycles. The lowest BCUT2D eigenvalue weighted by molar-refractivity contribution is -0.0566. The molecule has 9 nitrogen and oxygen atoms in total. The highest BCUT2D eigenvalue weighted by atomic mass is 16.5. The monoisotopic (exact) mass is 347 g/mol. The van der Waals surface area contributed by atoms with Crippen molar-refractivity contribution in [2.45, 2.75) is 46.0 Å². The highest BCUT2D eigenvalue weighted by molar-refractivity contribution is 5.94. The molecule has 3 heterocycles. The van der Waals surface area contributed by atoms with Crippen molar-refractivity contribution in [2.75, 3.05) is 6.61 Å². The summed E-state index contributed by atoms with van der Waals surface area (Å²) >= 11 is 0. The molecule has 0 radical (unpaired) electrons. The molecule has 0 saturated heterocycles. The number of aryl methyl sites for hydroxylation is 1. The van der Waals surface area contributed by atoms with Gasteiger partial charge in [-0.1, -0.05) is 0 Å². The number of carbonyl (C=O) groups excluding carboxylic acids is 1. The maximum atomic E-state index is 12.4. The lowest BCUT2D eigenvalue weighted by atomic mass is 10.1. The van der Waals surface area contributed by atoms with E-state index in [4.69, 9.17) is 4.74 Å². The predicted molar refractivity (Wildman–Crippen MR) is 88.2 cm³/mol. The summed E-state index contributed by atoms with van der Waals surface area (Å²) in [7, 11) is 0. The minimum Gasteiger partial charge on any atom is -0.501 e. The van der Waals surface area contributed by atoms with Crippen molar-refractivity contribution >= 4 is 5.91 Å². The maximum absolute atomic E-state index is 12.4. The van der Waals surface area contributed by atoms with Crippen LogP contribution >= 0.6 is 0 Å². The zero-order chi connectivity index (χ0) is 18.2. The molecule has 0 bridgehead atoms. The van der Waals surface area contributed by atoms with Gasteiger partial charge in [0, 0.05) is 24.8 Å². The van der Waals surface area contributed by atoms with Gasteiger partial charge in [0.05, 0.1) is 19.3 Å². The molecular formula is C16H21N5O4. The van der Waals surface area contributed by atoms with E-state index in [0.29, 0.717) is 12.4 Å². The van der Waals surface area contributed by atoms with Crippen LogP contribution in [0.5, 0.6) is 5.75 Å². The van der Waals surface area contributed by atoms with Gasteiger partial charge in [-0.3, -0.25) is 18.8 Å². The van der Waals surface area contributed by atoms with E-state index in [-0.39, 0.29) is 18.8 Å². The molecule has 0 aromatic carbocycles. The van der Waals surface area contributed by atoms with Gasteiger partial charge >= 0.3 is 0 Å². The second-order valence-corrected chi connectivity index (χ2v) is 6.34. The summed E-state index contributed by atoms with van der Waals surface area (Å²) in [5.74, 6) is -0.947. The first-order valence-corrected chi connectivity index (χ1v) is 8.11. The highest BCUT2D eigenvalue weighted by Gasteiger charge is 2.34. The molecule has 2 N–H and O–H groups in total. The van der Waals surface area contributed by atoms with Crippen molar-refractivity contribution < 1.29 is 14.6 Å². The Labute approximate surface area is 144 Å². The van der Waals surface area contributed by atoms with Crippen LogP contribution in [0.3, 0.4) is 0 Å². The fourth-order valence-corrected chi connectivity index (χ4v) is 2.76. The summed E-state index contributed by atoms with van der Waals surface area (Å²) in [5.41, 5.74) is -0.932. The Hall–Kier alpha value is -2.68. The fourth-order valence-electron chi connectivity index (χ4n) is 2.76. The Kier molecular flexibility index (Phi) is 4.34. The summed E-state index contributed by atoms with van der Waals surface area (Å²) in [6, 6.07) is 0. The number of aromatic hydroxyl groups is 1. The van der Waals surface area contributed by atoms with E-state index in [1.54, 1.807) is 24.7 Å². The molecule has 0 unspecified atom stereocenters. The molecular weight excluding hydrogens is 326 g/mol. The van der Waals surface area contributed by atoms with Crippen molar-refractivity contribution in [1.29, 1.82) is 0 Å². The van der Waals surface area contributed by atoms with Crippen LogP contribution in [0.25, 0.3) is 0 Å². The van der Waals surface area contributed by atoms with Crippen molar-refractivity contribution in [3.05, 3.63) is 39.8 Å². The smallest absolute Gasteiger partial charge is 0.296 e. The first kappa shape index (κ1) is 17.2. The largest absolute Gasteiger partial charge is 0.501 e. The molecule has 3 rings (SSSR count). The van der Waals surface area contributed by atoms with Crippen LogP contribution in [0.1, 0.15) is 42.6 Å². The second-order valence-electron chi connectivity index (χ2n) is 6.34. The van der Waals surface area contributed by atoms with Crippen LogP contribution in [-0.4, -0.2) is 37.0 Å². The zero-order valence-corrected chi connectivity index (χ0v) is 14.4. The van der Waals surface area contributed by atoms with Gasteiger partial charge in [0.1, 0.15) is 11.4 Å². The number of carbonyl (C=O) groups is 1. The third kappa shape index (κ3) is 3.14. The predicted octanol–water partition coefficient (Wildman–Crippen LogP) is 0.361. The molecule has 2 aromatic heterocycles. The summed E-state index contributed by atoms with van der Waals surface area (Å²) in [6.07, 6.45) is 3.46. The molecule has 25 heavy (non-hydrogen) atoms. The number of hydrogen-bond donors (Lipinski definition) is 2. The maximum Gasteiger partial charge on any atom is 0.296 e. The number of rotatable bonds is 4. The molecule has 0 atom stereocenters. The van der Waals surface area contributed by atoms with E-state index in [1.807, 2.05) is 13.1 Å². The van der Waals surface area contributed by atoms with Gasteiger partial charge in [-0.05, 0) is 20.8 Å². The molecule has 2 aromatic rings. The Balaban J connectivity index is 1.87. The molecule has 1 aliphatic rings. The van der Waals surface area contributed by atoms with Gasteiger partial charge in [0.2, 0.25) is 5.75 Å². The summed E-state index contributed by atoms with van der Waals surface area (Å²) in [5, 5.41) is 16.9. The molecule has 134 valence electrons. The van der Waals surface area contributed by atoms with Crippen LogP contribution in [0, 0.1) is 0 Å². The average molecular weight is 347 g/mol. The highest BCUT2D eigenvalue weighted by Crippen LogP contribution is 2.27. The van der Waals surface area contributed by atoms with Gasteiger partial charge < -0.3 is 15.2 Å². The number of nitrogens with zero attached hydrogens (tertiary/aromatic N) is 4. The lowest BCUT2D eigenvalue weighted by Gasteiger charge is -2.32. The van der Waals surface area contributed by atoms with Crippen LogP contribution in [0.2, 0.25) is 0 Å². The number of aromatic nitrogens is 4. The van der Waals surface area contributed by atoms with E-state index >= 15 is 0 Å². The average Bonchev–Trinajstić information content (AvgIpc) is 3.04. The number of nitrogens with one attached hydrogen (secondary N) is 1. The van der Waals surface area contributed by atoms with E-state index in [1.165, 1.54) is 4.57 Å². The van der Waals surface area contributed by atoms with Crippen molar-refractivity contribution in [3.8, 4) is 5.75 Å². The first-order chi connectivity index (χ1) is 11.8.